The summed E-state index contributed by atoms with van der Waals surface area (Å²) in [6.45, 7) is 2.70. The highest BCUT2D eigenvalue weighted by atomic mass is 127. The molecule has 8 heteroatoms. The van der Waals surface area contributed by atoms with Crippen molar-refractivity contribution in [3.8, 4) is 17.0 Å². The van der Waals surface area contributed by atoms with Crippen molar-refractivity contribution in [1.82, 2.24) is 4.57 Å². The largest absolute Gasteiger partial charge is 0.507 e. The number of ketones is 1. The van der Waals surface area contributed by atoms with Gasteiger partial charge in [0.1, 0.15) is 17.1 Å². The van der Waals surface area contributed by atoms with Gasteiger partial charge in [0.25, 0.3) is 0 Å². The summed E-state index contributed by atoms with van der Waals surface area (Å²) in [5.74, 6) is -1.49. The third-order valence-corrected chi connectivity index (χ3v) is 8.23. The van der Waals surface area contributed by atoms with Gasteiger partial charge in [0.05, 0.1) is 11.2 Å². The van der Waals surface area contributed by atoms with Crippen LogP contribution in [0.4, 0.5) is 5.69 Å². The molecule has 0 atom stereocenters. The van der Waals surface area contributed by atoms with Crippen LogP contribution in [0.3, 0.4) is 0 Å². The van der Waals surface area contributed by atoms with Crippen molar-refractivity contribution in [1.29, 1.82) is 0 Å². The first-order valence-corrected chi connectivity index (χ1v) is 13.5. The Kier molecular flexibility index (Phi) is 7.00. The molecule has 4 aromatic rings. The number of phenols is 1. The van der Waals surface area contributed by atoms with Gasteiger partial charge in [0, 0.05) is 53.6 Å². The maximum absolute atomic E-state index is 12.9. The predicted octanol–water partition coefficient (Wildman–Crippen LogP) is 5.64. The van der Waals surface area contributed by atoms with Crippen molar-refractivity contribution in [2.24, 2.45) is 7.05 Å². The molecule has 0 saturated heterocycles. The minimum absolute atomic E-state index is 0.00147. The number of hydrogen-bond acceptors (Lipinski definition) is 4. The van der Waals surface area contributed by atoms with Gasteiger partial charge in [-0.2, -0.15) is 0 Å². The Morgan fingerprint density at radius 1 is 1.03 bits per heavy atom. The van der Waals surface area contributed by atoms with Crippen molar-refractivity contribution in [3.63, 3.8) is 0 Å². The molecule has 1 aromatic heterocycles. The number of carbonyl (C=O) groups excluding carboxylic acids is 2. The van der Waals surface area contributed by atoms with Crippen molar-refractivity contribution in [3.05, 3.63) is 80.4 Å². The van der Waals surface area contributed by atoms with Crippen LogP contribution in [0.25, 0.3) is 22.2 Å². The van der Waals surface area contributed by atoms with E-state index < -0.39 is 5.97 Å². The Morgan fingerprint density at radius 3 is 2.58 bits per heavy atom. The van der Waals surface area contributed by atoms with E-state index in [4.69, 9.17) is 0 Å². The average Bonchev–Trinajstić information content (AvgIpc) is 3.40. The molecule has 0 unspecified atom stereocenters. The summed E-state index contributed by atoms with van der Waals surface area (Å²) in [6.07, 6.45) is 1.43. The molecular weight excluding hydrogens is 595 g/mol. The number of halogens is 1. The molecule has 38 heavy (non-hydrogen) atoms. The number of rotatable bonds is 7. The Labute approximate surface area is 233 Å². The molecule has 1 aliphatic rings. The lowest BCUT2D eigenvalue weighted by Gasteiger charge is -2.17. The van der Waals surface area contributed by atoms with E-state index in [1.165, 1.54) is 23.3 Å². The molecule has 0 saturated carbocycles. The summed E-state index contributed by atoms with van der Waals surface area (Å²) in [4.78, 5) is 39.0. The van der Waals surface area contributed by atoms with E-state index in [9.17, 15) is 24.6 Å². The Morgan fingerprint density at radius 2 is 1.82 bits per heavy atom. The van der Waals surface area contributed by atoms with E-state index in [1.54, 1.807) is 4.90 Å². The molecule has 2 N–H and O–H groups in total. The van der Waals surface area contributed by atoms with Gasteiger partial charge in [-0.15, -0.1) is 0 Å². The number of amides is 1. The minimum atomic E-state index is -1.19. The van der Waals surface area contributed by atoms with Crippen LogP contribution in [0.5, 0.6) is 5.75 Å². The number of aromatic carboxylic acids is 1. The zero-order valence-corrected chi connectivity index (χ0v) is 23.3. The molecular formula is C30H27IN2O5. The Bertz CT molecular complexity index is 1620. The van der Waals surface area contributed by atoms with Gasteiger partial charge in [0.15, 0.2) is 0 Å². The maximum Gasteiger partial charge on any atom is 0.339 e. The second kappa shape index (κ2) is 10.2. The third-order valence-electron chi connectivity index (χ3n) is 7.14. The normalized spacial score (nSPS) is 12.7. The number of carboxylic acid groups (broad SMARTS) is 1. The molecule has 2 heterocycles. The number of carboxylic acids is 1. The minimum Gasteiger partial charge on any atom is -0.507 e. The van der Waals surface area contributed by atoms with Crippen LogP contribution in [0.15, 0.2) is 54.6 Å². The molecule has 194 valence electrons. The second-order valence-electron chi connectivity index (χ2n) is 9.76. The number of aromatic nitrogens is 1. The number of aromatic hydroxyl groups is 1. The monoisotopic (exact) mass is 622 g/mol. The molecule has 1 amide bonds. The van der Waals surface area contributed by atoms with Gasteiger partial charge in [-0.1, -0.05) is 35.9 Å². The molecule has 0 fully saturated rings. The van der Waals surface area contributed by atoms with Crippen molar-refractivity contribution in [2.75, 3.05) is 11.4 Å². The lowest BCUT2D eigenvalue weighted by Crippen LogP contribution is -2.29. The van der Waals surface area contributed by atoms with E-state index in [0.29, 0.717) is 12.1 Å². The summed E-state index contributed by atoms with van der Waals surface area (Å²) >= 11 is 2.19. The van der Waals surface area contributed by atoms with E-state index in [2.05, 4.69) is 28.7 Å². The molecule has 1 aliphatic heterocycles. The highest BCUT2D eigenvalue weighted by Gasteiger charge is 2.25. The van der Waals surface area contributed by atoms with E-state index >= 15 is 0 Å². The molecule has 0 bridgehead atoms. The first-order valence-electron chi connectivity index (χ1n) is 12.4. The van der Waals surface area contributed by atoms with Gasteiger partial charge in [-0.25, -0.2) is 4.79 Å². The quantitative estimate of drug-likeness (QED) is 0.260. The summed E-state index contributed by atoms with van der Waals surface area (Å²) in [7, 11) is 1.86. The van der Waals surface area contributed by atoms with Crippen LogP contribution >= 0.6 is 22.6 Å². The fourth-order valence-corrected chi connectivity index (χ4v) is 6.34. The van der Waals surface area contributed by atoms with Gasteiger partial charge >= 0.3 is 5.97 Å². The zero-order chi connectivity index (χ0) is 27.1. The summed E-state index contributed by atoms with van der Waals surface area (Å²) in [6, 6.07) is 16.7. The number of hydrogen-bond donors (Lipinski definition) is 2. The number of aryl methyl sites for hydroxylation is 2. The third kappa shape index (κ3) is 4.80. The summed E-state index contributed by atoms with van der Waals surface area (Å²) in [5, 5.41) is 20.3. The fraction of sp³-hybridized carbons (Fsp3) is 0.233. The standard InChI is InChI=1S/C30H27IN2O5/c1-17-6-8-24-19(12-17)10-11-33(24)27(36)9-7-21(34)14-18-4-3-5-20(13-18)29-28(31)22-15-23(30(37)38)26(35)16-25(22)32(29)2/h3-6,8,12-13,15-16,35H,7,9-11,14H2,1-2H3,(H,37,38). The lowest BCUT2D eigenvalue weighted by atomic mass is 10.0. The number of Topliss-reactive ketones (excluding diaryl/α,β-unsaturated/α-hetero) is 1. The number of nitrogens with zero attached hydrogens (tertiary/aromatic N) is 2. The highest BCUT2D eigenvalue weighted by Crippen LogP contribution is 2.37. The fourth-order valence-electron chi connectivity index (χ4n) is 5.23. The van der Waals surface area contributed by atoms with E-state index in [0.717, 1.165) is 37.9 Å². The van der Waals surface area contributed by atoms with Gasteiger partial charge in [0.2, 0.25) is 5.91 Å². The van der Waals surface area contributed by atoms with Crippen molar-refractivity contribution < 1.29 is 24.6 Å². The van der Waals surface area contributed by atoms with E-state index in [-0.39, 0.29) is 42.3 Å². The average molecular weight is 622 g/mol. The van der Waals surface area contributed by atoms with Gasteiger partial charge in [-0.05, 0) is 70.8 Å². The molecule has 0 radical (unpaired) electrons. The molecule has 0 spiro atoms. The van der Waals surface area contributed by atoms with Crippen LogP contribution in [-0.4, -0.2) is 39.0 Å². The first kappa shape index (κ1) is 26.0. The van der Waals surface area contributed by atoms with Crippen LogP contribution in [-0.2, 0) is 29.5 Å². The molecule has 3 aromatic carbocycles. The van der Waals surface area contributed by atoms with Crippen LogP contribution in [0.2, 0.25) is 0 Å². The number of fused-ring (bicyclic) bond motifs is 2. The molecule has 7 nitrogen and oxygen atoms in total. The topological polar surface area (TPSA) is 99.8 Å². The van der Waals surface area contributed by atoms with Crippen molar-refractivity contribution in [2.45, 2.75) is 32.6 Å². The SMILES string of the molecule is Cc1ccc2c(c1)CCN2C(=O)CCC(=O)Cc1cccc(-c2c(I)c3cc(C(=O)O)c(O)cc3n2C)c1. The maximum atomic E-state index is 12.9. The van der Waals surface area contributed by atoms with Crippen LogP contribution < -0.4 is 4.90 Å². The van der Waals surface area contributed by atoms with Gasteiger partial charge in [-0.3, -0.25) is 9.59 Å². The highest BCUT2D eigenvalue weighted by molar-refractivity contribution is 14.1. The van der Waals surface area contributed by atoms with Crippen molar-refractivity contribution >= 4 is 56.8 Å². The van der Waals surface area contributed by atoms with Gasteiger partial charge < -0.3 is 19.7 Å². The zero-order valence-electron chi connectivity index (χ0n) is 21.1. The lowest BCUT2D eigenvalue weighted by molar-refractivity contribution is -0.123. The Balaban J connectivity index is 1.31. The first-order chi connectivity index (χ1) is 18.1. The Hall–Kier alpha value is -3.66. The summed E-state index contributed by atoms with van der Waals surface area (Å²) < 4.78 is 2.77. The van der Waals surface area contributed by atoms with Crippen LogP contribution in [0, 0.1) is 10.5 Å². The molecule has 0 aliphatic carbocycles. The predicted molar refractivity (Wildman–Crippen MR) is 155 cm³/mol. The van der Waals surface area contributed by atoms with E-state index in [1.807, 2.05) is 54.9 Å². The smallest absolute Gasteiger partial charge is 0.339 e. The molecule has 5 rings (SSSR count). The number of carbonyl (C=O) groups is 3. The van der Waals surface area contributed by atoms with Crippen LogP contribution in [0.1, 0.15) is 39.9 Å². The summed E-state index contributed by atoms with van der Waals surface area (Å²) in [5.41, 5.74) is 6.48. The second-order valence-corrected chi connectivity index (χ2v) is 10.8. The number of benzene rings is 3. The number of anilines is 1.